The van der Waals surface area contributed by atoms with Gasteiger partial charge in [0.15, 0.2) is 0 Å². The lowest BCUT2D eigenvalue weighted by Crippen LogP contribution is -2.11. The van der Waals surface area contributed by atoms with Crippen molar-refractivity contribution in [3.63, 3.8) is 0 Å². The third-order valence-corrected chi connectivity index (χ3v) is 3.80. The van der Waals surface area contributed by atoms with Crippen LogP contribution >= 0.6 is 0 Å². The van der Waals surface area contributed by atoms with Crippen molar-refractivity contribution in [1.29, 1.82) is 0 Å². The minimum Gasteiger partial charge on any atom is -0.321 e. The van der Waals surface area contributed by atoms with E-state index in [4.69, 9.17) is 0 Å². The van der Waals surface area contributed by atoms with E-state index in [0.29, 0.717) is 11.4 Å². The number of aromatic nitrogens is 2. The summed E-state index contributed by atoms with van der Waals surface area (Å²) in [5, 5.41) is 7.14. The van der Waals surface area contributed by atoms with Crippen LogP contribution in [0.2, 0.25) is 0 Å². The standard InChI is InChI=1S/C20H17F2N3O/c1-13-12-14(2)25(24-13)19-9-4-3-8-18(19)23-20(26)11-10-15-16(21)6-5-7-17(15)22/h3-12H,1-2H3,(H,23,26)/b11-10+. The smallest absolute Gasteiger partial charge is 0.248 e. The zero-order valence-electron chi connectivity index (χ0n) is 14.3. The van der Waals surface area contributed by atoms with Gasteiger partial charge in [-0.3, -0.25) is 4.79 Å². The number of hydrogen-bond donors (Lipinski definition) is 1. The number of nitrogens with zero attached hydrogens (tertiary/aromatic N) is 2. The van der Waals surface area contributed by atoms with E-state index < -0.39 is 17.5 Å². The third kappa shape index (κ3) is 3.69. The highest BCUT2D eigenvalue weighted by molar-refractivity contribution is 6.03. The Morgan fingerprint density at radius 2 is 1.77 bits per heavy atom. The Hall–Kier alpha value is -3.28. The Bertz CT molecular complexity index is 972. The molecule has 132 valence electrons. The molecule has 0 saturated carbocycles. The van der Waals surface area contributed by atoms with Crippen LogP contribution in [-0.2, 0) is 4.79 Å². The second kappa shape index (κ2) is 7.31. The molecule has 0 fully saturated rings. The van der Waals surface area contributed by atoms with Gasteiger partial charge in [0.2, 0.25) is 5.91 Å². The fraction of sp³-hybridized carbons (Fsp3) is 0.100. The van der Waals surface area contributed by atoms with Crippen LogP contribution in [0.15, 0.2) is 54.6 Å². The Kier molecular flexibility index (Phi) is 4.93. The molecular formula is C20H17F2N3O. The summed E-state index contributed by atoms with van der Waals surface area (Å²) in [6.45, 7) is 3.80. The number of nitrogens with one attached hydrogen (secondary N) is 1. The average molecular weight is 353 g/mol. The minimum atomic E-state index is -0.725. The summed E-state index contributed by atoms with van der Waals surface area (Å²) in [5.41, 5.74) is 2.78. The molecule has 1 amide bonds. The summed E-state index contributed by atoms with van der Waals surface area (Å²) in [4.78, 5) is 12.2. The SMILES string of the molecule is Cc1cc(C)n(-c2ccccc2NC(=O)/C=C/c2c(F)cccc2F)n1. The molecule has 1 heterocycles. The lowest BCUT2D eigenvalue weighted by atomic mass is 10.2. The number of anilines is 1. The summed E-state index contributed by atoms with van der Waals surface area (Å²) in [5.74, 6) is -1.95. The molecule has 0 radical (unpaired) electrons. The predicted molar refractivity (Wildman–Crippen MR) is 97.1 cm³/mol. The summed E-state index contributed by atoms with van der Waals surface area (Å²) < 4.78 is 29.0. The molecule has 1 aromatic heterocycles. The van der Waals surface area contributed by atoms with Crippen LogP contribution in [0.25, 0.3) is 11.8 Å². The van der Waals surface area contributed by atoms with E-state index >= 15 is 0 Å². The fourth-order valence-corrected chi connectivity index (χ4v) is 2.64. The van der Waals surface area contributed by atoms with Crippen molar-refractivity contribution in [3.05, 3.63) is 83.2 Å². The monoisotopic (exact) mass is 353 g/mol. The number of benzene rings is 2. The maximum absolute atomic E-state index is 13.6. The summed E-state index contributed by atoms with van der Waals surface area (Å²) in [6, 6.07) is 12.7. The number of halogens is 2. The van der Waals surface area contributed by atoms with Crippen molar-refractivity contribution in [2.24, 2.45) is 0 Å². The first-order valence-corrected chi connectivity index (χ1v) is 8.01. The maximum Gasteiger partial charge on any atom is 0.248 e. The summed E-state index contributed by atoms with van der Waals surface area (Å²) in [7, 11) is 0. The lowest BCUT2D eigenvalue weighted by Gasteiger charge is -2.11. The van der Waals surface area contributed by atoms with Crippen LogP contribution in [-0.4, -0.2) is 15.7 Å². The molecule has 6 heteroatoms. The summed E-state index contributed by atoms with van der Waals surface area (Å²) in [6.07, 6.45) is 2.21. The first-order valence-electron chi connectivity index (χ1n) is 8.01. The predicted octanol–water partition coefficient (Wildman–Crippen LogP) is 4.42. The quantitative estimate of drug-likeness (QED) is 0.706. The topological polar surface area (TPSA) is 46.9 Å². The van der Waals surface area contributed by atoms with Gasteiger partial charge in [0.25, 0.3) is 0 Å². The number of aryl methyl sites for hydroxylation is 2. The average Bonchev–Trinajstić information content (AvgIpc) is 2.93. The van der Waals surface area contributed by atoms with Gasteiger partial charge in [-0.25, -0.2) is 13.5 Å². The van der Waals surface area contributed by atoms with Gasteiger partial charge in [-0.05, 0) is 50.3 Å². The Labute approximate surface area is 149 Å². The van der Waals surface area contributed by atoms with Crippen molar-refractivity contribution in [3.8, 4) is 5.69 Å². The van der Waals surface area contributed by atoms with Crippen LogP contribution in [0, 0.1) is 25.5 Å². The highest BCUT2D eigenvalue weighted by atomic mass is 19.1. The molecule has 0 aliphatic heterocycles. The molecule has 0 atom stereocenters. The molecule has 3 aromatic rings. The Balaban J connectivity index is 1.85. The molecule has 0 saturated heterocycles. The van der Waals surface area contributed by atoms with Gasteiger partial charge in [-0.15, -0.1) is 0 Å². The Morgan fingerprint density at radius 1 is 1.08 bits per heavy atom. The Morgan fingerprint density at radius 3 is 2.42 bits per heavy atom. The number of hydrogen-bond acceptors (Lipinski definition) is 2. The van der Waals surface area contributed by atoms with Crippen LogP contribution < -0.4 is 5.32 Å². The number of para-hydroxylation sites is 2. The van der Waals surface area contributed by atoms with Gasteiger partial charge in [-0.1, -0.05) is 18.2 Å². The van der Waals surface area contributed by atoms with Crippen LogP contribution in [0.1, 0.15) is 17.0 Å². The van der Waals surface area contributed by atoms with Gasteiger partial charge in [0, 0.05) is 17.3 Å². The van der Waals surface area contributed by atoms with Crippen molar-refractivity contribution in [2.45, 2.75) is 13.8 Å². The van der Waals surface area contributed by atoms with E-state index in [0.717, 1.165) is 35.7 Å². The van der Waals surface area contributed by atoms with E-state index in [1.54, 1.807) is 16.8 Å². The molecule has 0 bridgehead atoms. The van der Waals surface area contributed by atoms with E-state index in [1.165, 1.54) is 6.07 Å². The fourth-order valence-electron chi connectivity index (χ4n) is 2.64. The molecule has 26 heavy (non-hydrogen) atoms. The summed E-state index contributed by atoms with van der Waals surface area (Å²) >= 11 is 0. The first kappa shape index (κ1) is 17.5. The highest BCUT2D eigenvalue weighted by Gasteiger charge is 2.10. The van der Waals surface area contributed by atoms with Crippen LogP contribution in [0.3, 0.4) is 0 Å². The zero-order chi connectivity index (χ0) is 18.7. The second-order valence-corrected chi connectivity index (χ2v) is 5.81. The molecule has 0 aliphatic rings. The van der Waals surface area contributed by atoms with Gasteiger partial charge in [0.05, 0.1) is 17.1 Å². The number of carbonyl (C=O) groups excluding carboxylic acids is 1. The number of rotatable bonds is 4. The normalized spacial score (nSPS) is 11.1. The van der Waals surface area contributed by atoms with Crippen LogP contribution in [0.5, 0.6) is 0 Å². The van der Waals surface area contributed by atoms with Crippen molar-refractivity contribution < 1.29 is 13.6 Å². The van der Waals surface area contributed by atoms with Crippen LogP contribution in [0.4, 0.5) is 14.5 Å². The maximum atomic E-state index is 13.6. The molecule has 3 rings (SSSR count). The molecule has 4 nitrogen and oxygen atoms in total. The molecule has 0 aliphatic carbocycles. The van der Waals surface area contributed by atoms with Crippen molar-refractivity contribution in [1.82, 2.24) is 9.78 Å². The number of amides is 1. The van der Waals surface area contributed by atoms with Gasteiger partial charge < -0.3 is 5.32 Å². The molecule has 0 unspecified atom stereocenters. The highest BCUT2D eigenvalue weighted by Crippen LogP contribution is 2.22. The molecular weight excluding hydrogens is 336 g/mol. The molecule has 1 N–H and O–H groups in total. The lowest BCUT2D eigenvalue weighted by molar-refractivity contribution is -0.111. The van der Waals surface area contributed by atoms with Gasteiger partial charge >= 0.3 is 0 Å². The van der Waals surface area contributed by atoms with E-state index in [1.807, 2.05) is 32.0 Å². The van der Waals surface area contributed by atoms with E-state index in [2.05, 4.69) is 10.4 Å². The van der Waals surface area contributed by atoms with Gasteiger partial charge in [-0.2, -0.15) is 5.10 Å². The first-order chi connectivity index (χ1) is 12.5. The largest absolute Gasteiger partial charge is 0.321 e. The zero-order valence-corrected chi connectivity index (χ0v) is 14.3. The van der Waals surface area contributed by atoms with Crippen molar-refractivity contribution >= 4 is 17.7 Å². The van der Waals surface area contributed by atoms with E-state index in [-0.39, 0.29) is 5.56 Å². The second-order valence-electron chi connectivity index (χ2n) is 5.81. The number of carbonyl (C=O) groups is 1. The minimum absolute atomic E-state index is 0.255. The molecule has 2 aromatic carbocycles. The van der Waals surface area contributed by atoms with E-state index in [9.17, 15) is 13.6 Å². The third-order valence-electron chi connectivity index (χ3n) is 3.80. The van der Waals surface area contributed by atoms with Crippen molar-refractivity contribution in [2.75, 3.05) is 5.32 Å². The van der Waals surface area contributed by atoms with Gasteiger partial charge in [0.1, 0.15) is 11.6 Å². The molecule has 0 spiro atoms.